The number of rotatable bonds is 3. The van der Waals surface area contributed by atoms with Crippen LogP contribution in [0, 0.1) is 5.82 Å². The van der Waals surface area contributed by atoms with Gasteiger partial charge in [0.1, 0.15) is 5.82 Å². The fourth-order valence-electron chi connectivity index (χ4n) is 2.66. The van der Waals surface area contributed by atoms with Gasteiger partial charge in [-0.05, 0) is 48.1 Å². The molecule has 0 bridgehead atoms. The van der Waals surface area contributed by atoms with Crippen molar-refractivity contribution in [2.24, 2.45) is 0 Å². The van der Waals surface area contributed by atoms with Crippen molar-refractivity contribution >= 4 is 0 Å². The SMILES string of the molecule is Fc1ccc(COC2CCCc3ccccc32)cc1. The number of aryl methyl sites for hydroxylation is 1. The summed E-state index contributed by atoms with van der Waals surface area (Å²) in [6, 6.07) is 15.0. The summed E-state index contributed by atoms with van der Waals surface area (Å²) in [4.78, 5) is 0. The van der Waals surface area contributed by atoms with Gasteiger partial charge in [0.25, 0.3) is 0 Å². The summed E-state index contributed by atoms with van der Waals surface area (Å²) < 4.78 is 18.9. The van der Waals surface area contributed by atoms with Crippen LogP contribution < -0.4 is 0 Å². The maximum atomic E-state index is 12.8. The largest absolute Gasteiger partial charge is 0.369 e. The number of ether oxygens (including phenoxy) is 1. The summed E-state index contributed by atoms with van der Waals surface area (Å²) in [5, 5.41) is 0. The molecule has 0 radical (unpaired) electrons. The lowest BCUT2D eigenvalue weighted by atomic mass is 9.89. The van der Waals surface area contributed by atoms with Gasteiger partial charge < -0.3 is 4.74 Å². The Labute approximate surface area is 113 Å². The van der Waals surface area contributed by atoms with Crippen molar-refractivity contribution in [2.75, 3.05) is 0 Å². The minimum atomic E-state index is -0.202. The molecule has 0 amide bonds. The van der Waals surface area contributed by atoms with E-state index in [-0.39, 0.29) is 11.9 Å². The highest BCUT2D eigenvalue weighted by Gasteiger charge is 2.19. The van der Waals surface area contributed by atoms with Crippen LogP contribution in [0.4, 0.5) is 4.39 Å². The highest BCUT2D eigenvalue weighted by atomic mass is 19.1. The minimum absolute atomic E-state index is 0.176. The van der Waals surface area contributed by atoms with E-state index in [9.17, 15) is 4.39 Å². The lowest BCUT2D eigenvalue weighted by Gasteiger charge is -2.25. The molecule has 2 heteroatoms. The highest BCUT2D eigenvalue weighted by molar-refractivity contribution is 5.31. The average molecular weight is 256 g/mol. The Bertz CT molecular complexity index is 547. The molecule has 0 N–H and O–H groups in total. The minimum Gasteiger partial charge on any atom is -0.369 e. The molecule has 0 aromatic heterocycles. The fourth-order valence-corrected chi connectivity index (χ4v) is 2.66. The first-order valence-corrected chi connectivity index (χ1v) is 6.77. The summed E-state index contributed by atoms with van der Waals surface area (Å²) >= 11 is 0. The summed E-state index contributed by atoms with van der Waals surface area (Å²) in [5.41, 5.74) is 3.73. The van der Waals surface area contributed by atoms with E-state index in [1.807, 2.05) is 0 Å². The number of hydrogen-bond acceptors (Lipinski definition) is 1. The van der Waals surface area contributed by atoms with Crippen LogP contribution in [0.25, 0.3) is 0 Å². The molecular formula is C17H17FO. The first-order chi connectivity index (χ1) is 9.33. The predicted octanol–water partition coefficient (Wildman–Crippen LogP) is 4.42. The van der Waals surface area contributed by atoms with Crippen LogP contribution in [0.5, 0.6) is 0 Å². The number of fused-ring (bicyclic) bond motifs is 1. The standard InChI is InChI=1S/C17H17FO/c18-15-10-8-13(9-11-15)12-19-17-7-3-5-14-4-1-2-6-16(14)17/h1-2,4,6,8-11,17H,3,5,7,12H2. The van der Waals surface area contributed by atoms with E-state index in [1.54, 1.807) is 12.1 Å². The number of benzene rings is 2. The van der Waals surface area contributed by atoms with Crippen LogP contribution in [0.15, 0.2) is 48.5 Å². The predicted molar refractivity (Wildman–Crippen MR) is 73.3 cm³/mol. The van der Waals surface area contributed by atoms with Gasteiger partial charge in [-0.3, -0.25) is 0 Å². The molecule has 19 heavy (non-hydrogen) atoms. The Hall–Kier alpha value is -1.67. The maximum Gasteiger partial charge on any atom is 0.123 e. The first kappa shape index (κ1) is 12.4. The van der Waals surface area contributed by atoms with Gasteiger partial charge in [0, 0.05) is 0 Å². The van der Waals surface area contributed by atoms with Gasteiger partial charge in [0.15, 0.2) is 0 Å². The van der Waals surface area contributed by atoms with E-state index in [1.165, 1.54) is 29.7 Å². The molecular weight excluding hydrogens is 239 g/mol. The monoisotopic (exact) mass is 256 g/mol. The van der Waals surface area contributed by atoms with Crippen LogP contribution in [-0.2, 0) is 17.8 Å². The van der Waals surface area contributed by atoms with E-state index >= 15 is 0 Å². The Morgan fingerprint density at radius 2 is 1.84 bits per heavy atom. The topological polar surface area (TPSA) is 9.23 Å². The van der Waals surface area contributed by atoms with E-state index in [4.69, 9.17) is 4.74 Å². The fraction of sp³-hybridized carbons (Fsp3) is 0.294. The molecule has 1 unspecified atom stereocenters. The smallest absolute Gasteiger partial charge is 0.123 e. The van der Waals surface area contributed by atoms with Crippen LogP contribution in [0.1, 0.15) is 35.6 Å². The molecule has 1 aliphatic rings. The molecule has 1 nitrogen and oxygen atoms in total. The molecule has 2 aromatic rings. The van der Waals surface area contributed by atoms with Crippen molar-refractivity contribution < 1.29 is 9.13 Å². The van der Waals surface area contributed by atoms with Crippen LogP contribution in [0.3, 0.4) is 0 Å². The third-order valence-corrected chi connectivity index (χ3v) is 3.68. The van der Waals surface area contributed by atoms with Crippen molar-refractivity contribution in [1.29, 1.82) is 0 Å². The lowest BCUT2D eigenvalue weighted by Crippen LogP contribution is -2.12. The molecule has 0 saturated carbocycles. The molecule has 2 aromatic carbocycles. The van der Waals surface area contributed by atoms with E-state index < -0.39 is 0 Å². The number of halogens is 1. The van der Waals surface area contributed by atoms with Crippen molar-refractivity contribution in [3.8, 4) is 0 Å². The second-order valence-corrected chi connectivity index (χ2v) is 5.02. The molecule has 0 heterocycles. The molecule has 1 aliphatic carbocycles. The third kappa shape index (κ3) is 2.85. The Balaban J connectivity index is 1.69. The summed E-state index contributed by atoms with van der Waals surface area (Å²) in [5.74, 6) is -0.202. The van der Waals surface area contributed by atoms with Crippen molar-refractivity contribution in [3.05, 3.63) is 71.0 Å². The summed E-state index contributed by atoms with van der Waals surface area (Å²) in [6.07, 6.45) is 3.56. The molecule has 3 rings (SSSR count). The molecule has 0 fully saturated rings. The zero-order valence-corrected chi connectivity index (χ0v) is 10.8. The van der Waals surface area contributed by atoms with Gasteiger partial charge in [-0.2, -0.15) is 0 Å². The summed E-state index contributed by atoms with van der Waals surface area (Å²) in [7, 11) is 0. The van der Waals surface area contributed by atoms with Gasteiger partial charge in [-0.15, -0.1) is 0 Å². The second kappa shape index (κ2) is 5.54. The maximum absolute atomic E-state index is 12.8. The third-order valence-electron chi connectivity index (χ3n) is 3.68. The van der Waals surface area contributed by atoms with Crippen molar-refractivity contribution in [2.45, 2.75) is 32.0 Å². The Morgan fingerprint density at radius 1 is 1.05 bits per heavy atom. The molecule has 98 valence electrons. The average Bonchev–Trinajstić information content (AvgIpc) is 2.47. The van der Waals surface area contributed by atoms with Gasteiger partial charge in [-0.1, -0.05) is 36.4 Å². The first-order valence-electron chi connectivity index (χ1n) is 6.77. The van der Waals surface area contributed by atoms with Gasteiger partial charge >= 0.3 is 0 Å². The van der Waals surface area contributed by atoms with E-state index in [0.717, 1.165) is 18.4 Å². The van der Waals surface area contributed by atoms with E-state index in [0.29, 0.717) is 6.61 Å². The molecule has 1 atom stereocenters. The van der Waals surface area contributed by atoms with Crippen LogP contribution in [-0.4, -0.2) is 0 Å². The Morgan fingerprint density at radius 3 is 2.68 bits per heavy atom. The van der Waals surface area contributed by atoms with Crippen molar-refractivity contribution in [3.63, 3.8) is 0 Å². The highest BCUT2D eigenvalue weighted by Crippen LogP contribution is 2.32. The lowest BCUT2D eigenvalue weighted by molar-refractivity contribution is 0.0282. The quantitative estimate of drug-likeness (QED) is 0.790. The van der Waals surface area contributed by atoms with E-state index in [2.05, 4.69) is 24.3 Å². The zero-order chi connectivity index (χ0) is 13.1. The van der Waals surface area contributed by atoms with Crippen LogP contribution >= 0.6 is 0 Å². The molecule has 0 aliphatic heterocycles. The zero-order valence-electron chi connectivity index (χ0n) is 10.8. The summed E-state index contributed by atoms with van der Waals surface area (Å²) in [6.45, 7) is 0.541. The van der Waals surface area contributed by atoms with Gasteiger partial charge in [-0.25, -0.2) is 4.39 Å². The van der Waals surface area contributed by atoms with Crippen LogP contribution in [0.2, 0.25) is 0 Å². The normalized spacial score (nSPS) is 18.1. The van der Waals surface area contributed by atoms with Gasteiger partial charge in [0.2, 0.25) is 0 Å². The second-order valence-electron chi connectivity index (χ2n) is 5.02. The molecule has 0 spiro atoms. The molecule has 0 saturated heterocycles. The number of hydrogen-bond donors (Lipinski definition) is 0. The van der Waals surface area contributed by atoms with Crippen molar-refractivity contribution in [1.82, 2.24) is 0 Å². The Kier molecular flexibility index (Phi) is 3.60. The van der Waals surface area contributed by atoms with Gasteiger partial charge in [0.05, 0.1) is 12.7 Å².